The van der Waals surface area contributed by atoms with Crippen molar-refractivity contribution in [3.8, 4) is 0 Å². The number of unbranched alkanes of at least 4 members (excludes halogenated alkanes) is 13. The van der Waals surface area contributed by atoms with Crippen LogP contribution in [-0.2, 0) is 14.4 Å². The Hall–Kier alpha value is -1.89. The van der Waals surface area contributed by atoms with Gasteiger partial charge in [0.15, 0.2) is 13.1 Å². The van der Waals surface area contributed by atoms with Crippen LogP contribution < -0.4 is 5.11 Å². The number of carboxylic acid groups (broad SMARTS) is 3. The van der Waals surface area contributed by atoms with Crippen LogP contribution in [0, 0.1) is 0 Å². The van der Waals surface area contributed by atoms with Gasteiger partial charge >= 0.3 is 11.9 Å². The lowest BCUT2D eigenvalue weighted by Gasteiger charge is -2.32. The van der Waals surface area contributed by atoms with Crippen LogP contribution in [0.15, 0.2) is 12.3 Å². The maximum atomic E-state index is 11.1. The van der Waals surface area contributed by atoms with E-state index in [0.717, 1.165) is 19.3 Å². The Morgan fingerprint density at radius 3 is 1.47 bits per heavy atom. The number of rotatable bonds is 21. The van der Waals surface area contributed by atoms with Gasteiger partial charge in [0.2, 0.25) is 0 Å². The normalized spacial score (nSPS) is 11.8. The second kappa shape index (κ2) is 17.9. The Labute approximate surface area is 181 Å². The third kappa shape index (κ3) is 17.0. The summed E-state index contributed by atoms with van der Waals surface area (Å²) < 4.78 is -0.675. The molecule has 0 aliphatic heterocycles. The Morgan fingerprint density at radius 2 is 1.10 bits per heavy atom. The van der Waals surface area contributed by atoms with E-state index in [9.17, 15) is 19.5 Å². The molecule has 7 heteroatoms. The summed E-state index contributed by atoms with van der Waals surface area (Å²) in [4.78, 5) is 33.2. The van der Waals surface area contributed by atoms with Crippen molar-refractivity contribution in [1.29, 1.82) is 0 Å². The van der Waals surface area contributed by atoms with Crippen molar-refractivity contribution in [2.24, 2.45) is 0 Å². The Balaban J connectivity index is 4.01. The van der Waals surface area contributed by atoms with Crippen LogP contribution in [0.4, 0.5) is 0 Å². The first-order valence-corrected chi connectivity index (χ1v) is 11.5. The highest BCUT2D eigenvalue weighted by atomic mass is 16.4. The van der Waals surface area contributed by atoms with E-state index in [2.05, 4.69) is 6.92 Å². The van der Waals surface area contributed by atoms with Crippen LogP contribution >= 0.6 is 0 Å². The first kappa shape index (κ1) is 28.1. The molecule has 174 valence electrons. The van der Waals surface area contributed by atoms with Gasteiger partial charge in [-0.05, 0) is 18.9 Å². The molecule has 0 radical (unpaired) electrons. The first-order chi connectivity index (χ1) is 14.3. The van der Waals surface area contributed by atoms with Gasteiger partial charge in [0, 0.05) is 0 Å². The molecule has 0 atom stereocenters. The molecule has 0 fully saturated rings. The zero-order chi connectivity index (χ0) is 22.7. The molecule has 0 amide bonds. The highest BCUT2D eigenvalue weighted by Crippen LogP contribution is 2.14. The van der Waals surface area contributed by atoms with Crippen LogP contribution in [0.5, 0.6) is 0 Å². The topological polar surface area (TPSA) is 115 Å². The van der Waals surface area contributed by atoms with E-state index >= 15 is 0 Å². The number of carbonyl (C=O) groups excluding carboxylic acids is 1. The molecule has 0 aliphatic carbocycles. The number of hydrogen-bond acceptors (Lipinski definition) is 4. The average molecular weight is 428 g/mol. The number of allylic oxidation sites excluding steroid dienone is 1. The molecule has 0 heterocycles. The lowest BCUT2D eigenvalue weighted by molar-refractivity contribution is -0.859. The lowest BCUT2D eigenvalue weighted by Crippen LogP contribution is -2.55. The molecule has 0 unspecified atom stereocenters. The maximum absolute atomic E-state index is 11.1. The van der Waals surface area contributed by atoms with Crippen molar-refractivity contribution >= 4 is 17.9 Å². The Kier molecular flexibility index (Phi) is 16.8. The number of nitrogens with zero attached hydrogens (tertiary/aromatic N) is 1. The monoisotopic (exact) mass is 427 g/mol. The summed E-state index contributed by atoms with van der Waals surface area (Å²) in [7, 11) is 0. The van der Waals surface area contributed by atoms with Crippen molar-refractivity contribution < 1.29 is 34.2 Å². The summed E-state index contributed by atoms with van der Waals surface area (Å²) in [6.07, 6.45) is 20.0. The molecule has 0 spiro atoms. The summed E-state index contributed by atoms with van der Waals surface area (Å²) in [5.41, 5.74) is 0. The highest BCUT2D eigenvalue weighted by Gasteiger charge is 2.31. The Morgan fingerprint density at radius 1 is 0.700 bits per heavy atom. The van der Waals surface area contributed by atoms with Crippen molar-refractivity contribution in [3.63, 3.8) is 0 Å². The van der Waals surface area contributed by atoms with E-state index < -0.39 is 42.0 Å². The van der Waals surface area contributed by atoms with E-state index in [1.54, 1.807) is 6.08 Å². The molecule has 2 N–H and O–H groups in total. The fourth-order valence-electron chi connectivity index (χ4n) is 3.70. The van der Waals surface area contributed by atoms with E-state index in [1.807, 2.05) is 0 Å². The predicted octanol–water partition coefficient (Wildman–Crippen LogP) is 3.72. The minimum atomic E-state index is -1.47. The molecule has 30 heavy (non-hydrogen) atoms. The van der Waals surface area contributed by atoms with Crippen LogP contribution in [0.3, 0.4) is 0 Å². The standard InChI is InChI=1S/C23H41NO6/c1-2-3-4-5-6-7-8-9-10-11-12-13-14-15-16-17-24(18-21(25)26,19-22(27)28)20-23(29)30/h16-17H,2-15,18-20H2,1H3,(H2-,25,26,27,28,29,30)/b17-16+. The fourth-order valence-corrected chi connectivity index (χ4v) is 3.70. The fraction of sp³-hybridized carbons (Fsp3) is 0.783. The van der Waals surface area contributed by atoms with Crippen LogP contribution in [0.25, 0.3) is 0 Å². The second-order valence-electron chi connectivity index (χ2n) is 8.27. The molecule has 0 aromatic heterocycles. The summed E-state index contributed by atoms with van der Waals surface area (Å²) >= 11 is 0. The molecule has 0 saturated carbocycles. The largest absolute Gasteiger partial charge is 0.544 e. The zero-order valence-electron chi connectivity index (χ0n) is 18.7. The quantitative estimate of drug-likeness (QED) is 0.213. The van der Waals surface area contributed by atoms with Crippen molar-refractivity contribution in [2.45, 2.75) is 96.8 Å². The van der Waals surface area contributed by atoms with Crippen LogP contribution in [0.2, 0.25) is 0 Å². The van der Waals surface area contributed by atoms with Crippen LogP contribution in [0.1, 0.15) is 96.8 Å². The summed E-state index contributed by atoms with van der Waals surface area (Å²) in [6.45, 7) is 0.358. The number of hydrogen-bond donors (Lipinski definition) is 2. The number of quaternary nitrogens is 1. The minimum absolute atomic E-state index is 0.602. The number of carbonyl (C=O) groups is 3. The maximum Gasteiger partial charge on any atom is 0.359 e. The average Bonchev–Trinajstić information content (AvgIpc) is 2.63. The molecular weight excluding hydrogens is 386 g/mol. The van der Waals surface area contributed by atoms with Gasteiger partial charge in [-0.15, -0.1) is 0 Å². The lowest BCUT2D eigenvalue weighted by atomic mass is 10.0. The number of carboxylic acids is 3. The summed E-state index contributed by atoms with van der Waals surface area (Å²) in [6, 6.07) is 0. The van der Waals surface area contributed by atoms with Gasteiger partial charge in [-0.3, -0.25) is 4.48 Å². The van der Waals surface area contributed by atoms with Gasteiger partial charge in [-0.1, -0.05) is 84.0 Å². The summed E-state index contributed by atoms with van der Waals surface area (Å²) in [5, 5.41) is 29.1. The predicted molar refractivity (Wildman–Crippen MR) is 115 cm³/mol. The number of aliphatic carboxylic acids is 3. The molecule has 0 saturated heterocycles. The molecule has 0 bridgehead atoms. The van der Waals surface area contributed by atoms with Crippen molar-refractivity contribution in [3.05, 3.63) is 12.3 Å². The zero-order valence-corrected chi connectivity index (χ0v) is 18.7. The molecule has 7 nitrogen and oxygen atoms in total. The van der Waals surface area contributed by atoms with E-state index in [0.29, 0.717) is 6.42 Å². The van der Waals surface area contributed by atoms with Gasteiger partial charge in [0.05, 0.1) is 12.2 Å². The smallest absolute Gasteiger partial charge is 0.359 e. The van der Waals surface area contributed by atoms with Gasteiger partial charge < -0.3 is 20.1 Å². The van der Waals surface area contributed by atoms with Gasteiger partial charge in [-0.25, -0.2) is 9.59 Å². The summed E-state index contributed by atoms with van der Waals surface area (Å²) in [5.74, 6) is -3.96. The molecule has 0 aromatic rings. The van der Waals surface area contributed by atoms with E-state index in [-0.39, 0.29) is 0 Å². The molecular formula is C23H41NO6. The van der Waals surface area contributed by atoms with Crippen LogP contribution in [-0.4, -0.2) is 52.2 Å². The third-order valence-electron chi connectivity index (χ3n) is 5.24. The van der Waals surface area contributed by atoms with Gasteiger partial charge in [0.1, 0.15) is 6.54 Å². The second-order valence-corrected chi connectivity index (χ2v) is 8.27. The molecule has 0 aliphatic rings. The highest BCUT2D eigenvalue weighted by molar-refractivity contribution is 5.72. The first-order valence-electron chi connectivity index (χ1n) is 11.5. The SMILES string of the molecule is CCCCCCCCCCCCCCC/C=C/[N+](CC(=O)[O-])(CC(=O)O)CC(=O)O. The van der Waals surface area contributed by atoms with Crippen molar-refractivity contribution in [2.75, 3.05) is 19.6 Å². The minimum Gasteiger partial charge on any atom is -0.544 e. The Bertz CT molecular complexity index is 477. The van der Waals surface area contributed by atoms with E-state index in [1.165, 1.54) is 70.4 Å². The molecule has 0 rings (SSSR count). The third-order valence-corrected chi connectivity index (χ3v) is 5.24. The van der Waals surface area contributed by atoms with Gasteiger partial charge in [0.25, 0.3) is 0 Å². The van der Waals surface area contributed by atoms with Gasteiger partial charge in [-0.2, -0.15) is 0 Å². The van der Waals surface area contributed by atoms with E-state index in [4.69, 9.17) is 10.2 Å². The van der Waals surface area contributed by atoms with Crippen molar-refractivity contribution in [1.82, 2.24) is 0 Å². The molecule has 0 aromatic carbocycles.